The fourth-order valence-corrected chi connectivity index (χ4v) is 4.16. The van der Waals surface area contributed by atoms with E-state index < -0.39 is 0 Å². The Bertz CT molecular complexity index is 983. The number of nitriles is 1. The Labute approximate surface area is 160 Å². The molecule has 1 saturated heterocycles. The van der Waals surface area contributed by atoms with Crippen molar-refractivity contribution in [3.05, 3.63) is 66.5 Å². The molecule has 1 aliphatic rings. The highest BCUT2D eigenvalue weighted by atomic mass is 15.1. The van der Waals surface area contributed by atoms with Crippen LogP contribution in [-0.4, -0.2) is 34.6 Å². The zero-order chi connectivity index (χ0) is 18.9. The number of benzene rings is 2. The Morgan fingerprint density at radius 3 is 2.59 bits per heavy atom. The maximum Gasteiger partial charge on any atom is 0.0991 e. The highest BCUT2D eigenvalue weighted by Gasteiger charge is 2.33. The second-order valence-corrected chi connectivity index (χ2v) is 7.93. The van der Waals surface area contributed by atoms with Gasteiger partial charge in [0.1, 0.15) is 0 Å². The molecule has 1 atom stereocenters. The number of nitrogens with zero attached hydrogens (tertiary/aromatic N) is 4. The lowest BCUT2D eigenvalue weighted by molar-refractivity contribution is 0.270. The van der Waals surface area contributed by atoms with Crippen molar-refractivity contribution < 1.29 is 0 Å². The SMILES string of the molecule is CN1CCC(C)(Cn2cnc(-c3ccccc3)c2-c2cccc(C#N)c2)C1. The molecular formula is C23H24N4. The lowest BCUT2D eigenvalue weighted by atomic mass is 9.89. The van der Waals surface area contributed by atoms with E-state index in [0.717, 1.165) is 42.1 Å². The number of hydrogen-bond acceptors (Lipinski definition) is 3. The van der Waals surface area contributed by atoms with Crippen molar-refractivity contribution in [2.75, 3.05) is 20.1 Å². The van der Waals surface area contributed by atoms with Crippen molar-refractivity contribution in [2.24, 2.45) is 5.41 Å². The van der Waals surface area contributed by atoms with Crippen LogP contribution in [0.4, 0.5) is 0 Å². The smallest absolute Gasteiger partial charge is 0.0991 e. The van der Waals surface area contributed by atoms with Crippen LogP contribution in [-0.2, 0) is 6.54 Å². The van der Waals surface area contributed by atoms with Gasteiger partial charge in [-0.15, -0.1) is 0 Å². The minimum atomic E-state index is 0.227. The maximum absolute atomic E-state index is 9.34. The molecule has 4 rings (SSSR count). The summed E-state index contributed by atoms with van der Waals surface area (Å²) in [6.07, 6.45) is 3.14. The number of rotatable bonds is 4. The van der Waals surface area contributed by atoms with E-state index in [1.807, 2.05) is 42.7 Å². The molecular weight excluding hydrogens is 332 g/mol. The number of hydrogen-bond donors (Lipinski definition) is 0. The molecule has 1 fully saturated rings. The van der Waals surface area contributed by atoms with Crippen LogP contribution in [0.3, 0.4) is 0 Å². The Hall–Kier alpha value is -2.90. The largest absolute Gasteiger partial charge is 0.329 e. The van der Waals surface area contributed by atoms with E-state index in [-0.39, 0.29) is 5.41 Å². The molecule has 0 saturated carbocycles. The summed E-state index contributed by atoms with van der Waals surface area (Å²) in [6.45, 7) is 5.50. The topological polar surface area (TPSA) is 44.9 Å². The Morgan fingerprint density at radius 2 is 1.89 bits per heavy atom. The van der Waals surface area contributed by atoms with Crippen LogP contribution < -0.4 is 0 Å². The molecule has 136 valence electrons. The predicted molar refractivity (Wildman–Crippen MR) is 108 cm³/mol. The summed E-state index contributed by atoms with van der Waals surface area (Å²) in [5, 5.41) is 9.34. The summed E-state index contributed by atoms with van der Waals surface area (Å²) in [6, 6.07) is 20.4. The quantitative estimate of drug-likeness (QED) is 0.695. The first-order chi connectivity index (χ1) is 13.1. The van der Waals surface area contributed by atoms with Gasteiger partial charge >= 0.3 is 0 Å². The second kappa shape index (κ2) is 7.02. The van der Waals surface area contributed by atoms with E-state index in [9.17, 15) is 5.26 Å². The van der Waals surface area contributed by atoms with Crippen LogP contribution in [0.2, 0.25) is 0 Å². The van der Waals surface area contributed by atoms with E-state index in [2.05, 4.69) is 47.7 Å². The van der Waals surface area contributed by atoms with Gasteiger partial charge in [0.2, 0.25) is 0 Å². The molecule has 1 aliphatic heterocycles. The van der Waals surface area contributed by atoms with Crippen LogP contribution in [0.15, 0.2) is 60.9 Å². The second-order valence-electron chi connectivity index (χ2n) is 7.93. The normalized spacial score (nSPS) is 19.9. The minimum absolute atomic E-state index is 0.227. The van der Waals surface area contributed by atoms with Crippen LogP contribution in [0.1, 0.15) is 18.9 Å². The summed E-state index contributed by atoms with van der Waals surface area (Å²) in [5.41, 5.74) is 5.11. The highest BCUT2D eigenvalue weighted by Crippen LogP contribution is 2.36. The van der Waals surface area contributed by atoms with Crippen molar-refractivity contribution in [2.45, 2.75) is 19.9 Å². The van der Waals surface area contributed by atoms with Gasteiger partial charge in [-0.2, -0.15) is 5.26 Å². The zero-order valence-electron chi connectivity index (χ0n) is 15.9. The first-order valence-corrected chi connectivity index (χ1v) is 9.38. The molecule has 0 radical (unpaired) electrons. The Morgan fingerprint density at radius 1 is 1.11 bits per heavy atom. The van der Waals surface area contributed by atoms with E-state index >= 15 is 0 Å². The molecule has 1 aromatic heterocycles. The van der Waals surface area contributed by atoms with Crippen molar-refractivity contribution in [1.29, 1.82) is 5.26 Å². The van der Waals surface area contributed by atoms with Crippen molar-refractivity contribution in [3.63, 3.8) is 0 Å². The molecule has 3 aromatic rings. The summed E-state index contributed by atoms with van der Waals surface area (Å²) in [4.78, 5) is 7.17. The van der Waals surface area contributed by atoms with Gasteiger partial charge in [-0.25, -0.2) is 4.98 Å². The number of likely N-dealkylation sites (tertiary alicyclic amines) is 1. The monoisotopic (exact) mass is 356 g/mol. The summed E-state index contributed by atoms with van der Waals surface area (Å²) < 4.78 is 2.28. The molecule has 0 amide bonds. The molecule has 2 heterocycles. The molecule has 0 bridgehead atoms. The molecule has 1 unspecified atom stereocenters. The van der Waals surface area contributed by atoms with Crippen LogP contribution >= 0.6 is 0 Å². The van der Waals surface area contributed by atoms with Gasteiger partial charge in [-0.3, -0.25) is 0 Å². The zero-order valence-corrected chi connectivity index (χ0v) is 15.9. The highest BCUT2D eigenvalue weighted by molar-refractivity contribution is 5.79. The van der Waals surface area contributed by atoms with Crippen molar-refractivity contribution in [3.8, 4) is 28.6 Å². The summed E-state index contributed by atoms with van der Waals surface area (Å²) >= 11 is 0. The average Bonchev–Trinajstić information content (AvgIpc) is 3.25. The van der Waals surface area contributed by atoms with E-state index in [4.69, 9.17) is 4.98 Å². The third kappa shape index (κ3) is 3.51. The molecule has 4 heteroatoms. The molecule has 0 spiro atoms. The van der Waals surface area contributed by atoms with Crippen LogP contribution in [0.25, 0.3) is 22.5 Å². The van der Waals surface area contributed by atoms with Crippen molar-refractivity contribution >= 4 is 0 Å². The lowest BCUT2D eigenvalue weighted by Gasteiger charge is -2.25. The maximum atomic E-state index is 9.34. The molecule has 27 heavy (non-hydrogen) atoms. The van der Waals surface area contributed by atoms with Crippen molar-refractivity contribution in [1.82, 2.24) is 14.5 Å². The number of aromatic nitrogens is 2. The first-order valence-electron chi connectivity index (χ1n) is 9.38. The van der Waals surface area contributed by atoms with E-state index in [1.165, 1.54) is 6.42 Å². The molecule has 4 nitrogen and oxygen atoms in total. The third-order valence-corrected chi connectivity index (χ3v) is 5.45. The summed E-state index contributed by atoms with van der Waals surface area (Å²) in [7, 11) is 2.19. The van der Waals surface area contributed by atoms with Gasteiger partial charge in [-0.05, 0) is 37.6 Å². The molecule has 0 N–H and O–H groups in total. The summed E-state index contributed by atoms with van der Waals surface area (Å²) in [5.74, 6) is 0. The van der Waals surface area contributed by atoms with Gasteiger partial charge < -0.3 is 9.47 Å². The first kappa shape index (κ1) is 17.5. The van der Waals surface area contributed by atoms with Crippen LogP contribution in [0, 0.1) is 16.7 Å². The van der Waals surface area contributed by atoms with E-state index in [0.29, 0.717) is 5.56 Å². The third-order valence-electron chi connectivity index (χ3n) is 5.45. The van der Waals surface area contributed by atoms with Gasteiger partial charge in [0.25, 0.3) is 0 Å². The average molecular weight is 356 g/mol. The van der Waals surface area contributed by atoms with Gasteiger partial charge in [0, 0.05) is 24.2 Å². The Kier molecular flexibility index (Phi) is 4.55. The minimum Gasteiger partial charge on any atom is -0.329 e. The molecule has 2 aromatic carbocycles. The van der Waals surface area contributed by atoms with Gasteiger partial charge in [0.15, 0.2) is 0 Å². The van der Waals surface area contributed by atoms with Crippen LogP contribution in [0.5, 0.6) is 0 Å². The van der Waals surface area contributed by atoms with Gasteiger partial charge in [0.05, 0.1) is 29.3 Å². The Balaban J connectivity index is 1.82. The predicted octanol–water partition coefficient (Wildman–Crippen LogP) is 4.43. The lowest BCUT2D eigenvalue weighted by Crippen LogP contribution is -2.27. The fraction of sp³-hybridized carbons (Fsp3) is 0.304. The number of imidazole rings is 1. The van der Waals surface area contributed by atoms with Gasteiger partial charge in [-0.1, -0.05) is 49.4 Å². The molecule has 0 aliphatic carbocycles. The van der Waals surface area contributed by atoms with E-state index in [1.54, 1.807) is 0 Å². The standard InChI is InChI=1S/C23H24N4/c1-23(11-12-26(2)15-23)16-27-17-25-21(19-8-4-3-5-9-19)22(27)20-10-6-7-18(13-20)14-24/h3-10,13,17H,11-12,15-16H2,1-2H3. The fourth-order valence-electron chi connectivity index (χ4n) is 4.16.